The Morgan fingerprint density at radius 2 is 2.00 bits per heavy atom. The fourth-order valence-corrected chi connectivity index (χ4v) is 3.59. The maximum Gasteiger partial charge on any atom is 0.0608 e. The predicted octanol–water partition coefficient (Wildman–Crippen LogP) is 3.17. The van der Waals surface area contributed by atoms with E-state index in [-0.39, 0.29) is 0 Å². The van der Waals surface area contributed by atoms with Gasteiger partial charge in [0.1, 0.15) is 0 Å². The first kappa shape index (κ1) is 13.9. The van der Waals surface area contributed by atoms with E-state index in [2.05, 4.69) is 50.4 Å². The van der Waals surface area contributed by atoms with Gasteiger partial charge in [-0.2, -0.15) is 0 Å². The standard InChI is InChI=1S/C15H23NOS/c1-4-16-15(12(3)18-14-9-17-10-14)13-7-5-11(2)6-8-13/h5-8,12,14-16H,4,9-10H2,1-3H3. The van der Waals surface area contributed by atoms with Gasteiger partial charge in [-0.1, -0.05) is 43.7 Å². The largest absolute Gasteiger partial charge is 0.379 e. The third-order valence-corrected chi connectivity index (χ3v) is 4.70. The molecule has 0 spiro atoms. The zero-order valence-electron chi connectivity index (χ0n) is 11.5. The van der Waals surface area contributed by atoms with Gasteiger partial charge in [0.15, 0.2) is 0 Å². The van der Waals surface area contributed by atoms with Crippen molar-refractivity contribution in [2.75, 3.05) is 19.8 Å². The van der Waals surface area contributed by atoms with Gasteiger partial charge < -0.3 is 10.1 Å². The summed E-state index contributed by atoms with van der Waals surface area (Å²) in [5, 5.41) is 4.87. The van der Waals surface area contributed by atoms with Gasteiger partial charge in [0.2, 0.25) is 0 Å². The predicted molar refractivity (Wildman–Crippen MR) is 79.3 cm³/mol. The summed E-state index contributed by atoms with van der Waals surface area (Å²) < 4.78 is 5.26. The highest BCUT2D eigenvalue weighted by Crippen LogP contribution is 2.32. The molecule has 100 valence electrons. The van der Waals surface area contributed by atoms with E-state index >= 15 is 0 Å². The Hall–Kier alpha value is -0.510. The van der Waals surface area contributed by atoms with Crippen LogP contribution in [-0.4, -0.2) is 30.3 Å². The molecule has 1 aliphatic rings. The second kappa shape index (κ2) is 6.60. The Morgan fingerprint density at radius 1 is 1.33 bits per heavy atom. The number of aryl methyl sites for hydroxylation is 1. The molecule has 1 aromatic rings. The SMILES string of the molecule is CCNC(c1ccc(C)cc1)C(C)SC1COC1. The summed E-state index contributed by atoms with van der Waals surface area (Å²) in [6, 6.07) is 9.32. The number of rotatable bonds is 6. The molecule has 1 fully saturated rings. The van der Waals surface area contributed by atoms with E-state index < -0.39 is 0 Å². The van der Waals surface area contributed by atoms with Crippen molar-refractivity contribution >= 4 is 11.8 Å². The summed E-state index contributed by atoms with van der Waals surface area (Å²) in [6.45, 7) is 9.46. The van der Waals surface area contributed by atoms with Gasteiger partial charge >= 0.3 is 0 Å². The topological polar surface area (TPSA) is 21.3 Å². The van der Waals surface area contributed by atoms with Crippen molar-refractivity contribution in [3.05, 3.63) is 35.4 Å². The molecule has 18 heavy (non-hydrogen) atoms. The Kier molecular flexibility index (Phi) is 5.10. The molecule has 0 aromatic heterocycles. The molecule has 1 N–H and O–H groups in total. The van der Waals surface area contributed by atoms with Crippen molar-refractivity contribution in [1.29, 1.82) is 0 Å². The molecule has 2 nitrogen and oxygen atoms in total. The van der Waals surface area contributed by atoms with Gasteiger partial charge in [-0.05, 0) is 19.0 Å². The number of hydrogen-bond donors (Lipinski definition) is 1. The van der Waals surface area contributed by atoms with Crippen LogP contribution in [0.3, 0.4) is 0 Å². The molecule has 2 rings (SSSR count). The van der Waals surface area contributed by atoms with Gasteiger partial charge in [0, 0.05) is 11.3 Å². The summed E-state index contributed by atoms with van der Waals surface area (Å²) >= 11 is 2.05. The lowest BCUT2D eigenvalue weighted by atomic mass is 10.0. The van der Waals surface area contributed by atoms with Crippen LogP contribution in [0.1, 0.15) is 31.0 Å². The Morgan fingerprint density at radius 3 is 2.50 bits per heavy atom. The highest BCUT2D eigenvalue weighted by Gasteiger charge is 2.26. The first-order valence-electron chi connectivity index (χ1n) is 6.74. The fraction of sp³-hybridized carbons (Fsp3) is 0.600. The summed E-state index contributed by atoms with van der Waals surface area (Å²) in [4.78, 5) is 0. The van der Waals surface area contributed by atoms with Crippen LogP contribution in [0.15, 0.2) is 24.3 Å². The number of hydrogen-bond acceptors (Lipinski definition) is 3. The molecule has 2 unspecified atom stereocenters. The van der Waals surface area contributed by atoms with Crippen LogP contribution in [0.2, 0.25) is 0 Å². The minimum atomic E-state index is 0.432. The second-order valence-electron chi connectivity index (χ2n) is 4.95. The summed E-state index contributed by atoms with van der Waals surface area (Å²) in [6.07, 6.45) is 0. The van der Waals surface area contributed by atoms with Crippen molar-refractivity contribution in [1.82, 2.24) is 5.32 Å². The lowest BCUT2D eigenvalue weighted by Crippen LogP contribution is -2.36. The van der Waals surface area contributed by atoms with Gasteiger partial charge in [-0.25, -0.2) is 0 Å². The van der Waals surface area contributed by atoms with Crippen LogP contribution in [0.4, 0.5) is 0 Å². The average molecular weight is 265 g/mol. The molecule has 0 saturated carbocycles. The normalized spacial score (nSPS) is 19.3. The zero-order valence-corrected chi connectivity index (χ0v) is 12.3. The molecular formula is C15H23NOS. The first-order chi connectivity index (χ1) is 8.70. The smallest absolute Gasteiger partial charge is 0.0608 e. The van der Waals surface area contributed by atoms with Gasteiger partial charge in [0.25, 0.3) is 0 Å². The molecule has 0 radical (unpaired) electrons. The van der Waals surface area contributed by atoms with Crippen LogP contribution in [-0.2, 0) is 4.74 Å². The highest BCUT2D eigenvalue weighted by molar-refractivity contribution is 8.00. The van der Waals surface area contributed by atoms with Crippen LogP contribution in [0.25, 0.3) is 0 Å². The highest BCUT2D eigenvalue weighted by atomic mass is 32.2. The van der Waals surface area contributed by atoms with E-state index in [0.29, 0.717) is 16.5 Å². The lowest BCUT2D eigenvalue weighted by Gasteiger charge is -2.32. The Balaban J connectivity index is 2.03. The summed E-state index contributed by atoms with van der Waals surface area (Å²) in [5.74, 6) is 0. The number of ether oxygens (including phenoxy) is 1. The molecule has 2 atom stereocenters. The molecule has 0 amide bonds. The average Bonchev–Trinajstić information content (AvgIpc) is 2.32. The van der Waals surface area contributed by atoms with Crippen LogP contribution in [0.5, 0.6) is 0 Å². The second-order valence-corrected chi connectivity index (χ2v) is 6.63. The molecule has 1 saturated heterocycles. The third kappa shape index (κ3) is 3.50. The van der Waals surface area contributed by atoms with E-state index in [0.717, 1.165) is 19.8 Å². The van der Waals surface area contributed by atoms with Crippen molar-refractivity contribution < 1.29 is 4.74 Å². The number of benzene rings is 1. The third-order valence-electron chi connectivity index (χ3n) is 3.34. The minimum absolute atomic E-state index is 0.432. The van der Waals surface area contributed by atoms with E-state index in [1.807, 2.05) is 11.8 Å². The number of thioether (sulfide) groups is 1. The van der Waals surface area contributed by atoms with Crippen molar-refractivity contribution in [3.8, 4) is 0 Å². The van der Waals surface area contributed by atoms with Crippen LogP contribution < -0.4 is 5.32 Å². The van der Waals surface area contributed by atoms with Crippen LogP contribution in [0, 0.1) is 6.92 Å². The molecule has 0 aliphatic carbocycles. The van der Waals surface area contributed by atoms with E-state index in [1.165, 1.54) is 11.1 Å². The molecular weight excluding hydrogens is 242 g/mol. The first-order valence-corrected chi connectivity index (χ1v) is 7.68. The van der Waals surface area contributed by atoms with Gasteiger partial charge in [-0.3, -0.25) is 0 Å². The maximum atomic E-state index is 5.26. The van der Waals surface area contributed by atoms with Crippen molar-refractivity contribution in [3.63, 3.8) is 0 Å². The molecule has 0 bridgehead atoms. The molecule has 1 aliphatic heterocycles. The minimum Gasteiger partial charge on any atom is -0.379 e. The van der Waals surface area contributed by atoms with Crippen LogP contribution >= 0.6 is 11.8 Å². The molecule has 1 heterocycles. The monoisotopic (exact) mass is 265 g/mol. The van der Waals surface area contributed by atoms with E-state index in [4.69, 9.17) is 4.74 Å². The van der Waals surface area contributed by atoms with E-state index in [9.17, 15) is 0 Å². The van der Waals surface area contributed by atoms with Gasteiger partial charge in [0.05, 0.1) is 18.5 Å². The lowest BCUT2D eigenvalue weighted by molar-refractivity contribution is 0.0452. The van der Waals surface area contributed by atoms with E-state index in [1.54, 1.807) is 0 Å². The summed E-state index contributed by atoms with van der Waals surface area (Å²) in [7, 11) is 0. The fourth-order valence-electron chi connectivity index (χ4n) is 2.22. The molecule has 1 aromatic carbocycles. The molecule has 3 heteroatoms. The quantitative estimate of drug-likeness (QED) is 0.853. The van der Waals surface area contributed by atoms with Gasteiger partial charge in [-0.15, -0.1) is 11.8 Å². The van der Waals surface area contributed by atoms with Crippen molar-refractivity contribution in [2.24, 2.45) is 0 Å². The summed E-state index contributed by atoms with van der Waals surface area (Å²) in [5.41, 5.74) is 2.71. The Labute approximate surface area is 114 Å². The maximum absolute atomic E-state index is 5.26. The van der Waals surface area contributed by atoms with Crippen molar-refractivity contribution in [2.45, 2.75) is 37.3 Å². The Bertz CT molecular complexity index is 361. The number of nitrogens with one attached hydrogen (secondary N) is 1. The zero-order chi connectivity index (χ0) is 13.0.